The Bertz CT molecular complexity index is 608. The van der Waals surface area contributed by atoms with Crippen LogP contribution < -0.4 is 11.1 Å². The molecule has 1 amide bonds. The highest BCUT2D eigenvalue weighted by atomic mass is 32.1. The number of nitrogens with one attached hydrogen (secondary N) is 1. The first-order valence-electron chi connectivity index (χ1n) is 5.89. The minimum atomic E-state index is -0.0661. The lowest BCUT2D eigenvalue weighted by Crippen LogP contribution is -2.22. The molecule has 0 spiro atoms. The van der Waals surface area contributed by atoms with Gasteiger partial charge in [-0.25, -0.2) is 0 Å². The van der Waals surface area contributed by atoms with Crippen LogP contribution in [-0.4, -0.2) is 12.5 Å². The Balaban J connectivity index is 1.92. The summed E-state index contributed by atoms with van der Waals surface area (Å²) in [5.41, 5.74) is 6.93. The van der Waals surface area contributed by atoms with Crippen LogP contribution in [0, 0.1) is 11.8 Å². The van der Waals surface area contributed by atoms with E-state index in [1.54, 1.807) is 23.5 Å². The highest BCUT2D eigenvalue weighted by Gasteiger charge is 2.04. The highest BCUT2D eigenvalue weighted by molar-refractivity contribution is 7.10. The monoisotopic (exact) mass is 270 g/mol. The molecule has 0 fully saturated rings. The average molecular weight is 270 g/mol. The highest BCUT2D eigenvalue weighted by Crippen LogP contribution is 2.13. The summed E-state index contributed by atoms with van der Waals surface area (Å²) in [6, 6.07) is 11.1. The van der Waals surface area contributed by atoms with Crippen LogP contribution in [0.25, 0.3) is 0 Å². The smallest absolute Gasteiger partial charge is 0.251 e. The van der Waals surface area contributed by atoms with E-state index in [0.29, 0.717) is 18.7 Å². The van der Waals surface area contributed by atoms with Crippen molar-refractivity contribution >= 4 is 17.2 Å². The van der Waals surface area contributed by atoms with Crippen molar-refractivity contribution in [3.05, 3.63) is 57.8 Å². The van der Waals surface area contributed by atoms with Gasteiger partial charge in [-0.1, -0.05) is 30.0 Å². The summed E-state index contributed by atoms with van der Waals surface area (Å²) in [5, 5.41) is 4.85. The van der Waals surface area contributed by atoms with E-state index in [-0.39, 0.29) is 5.91 Å². The maximum absolute atomic E-state index is 11.8. The number of benzene rings is 1. The summed E-state index contributed by atoms with van der Waals surface area (Å²) in [6.45, 7) is 0.874. The molecule has 1 heterocycles. The first-order valence-corrected chi connectivity index (χ1v) is 6.77. The predicted molar refractivity (Wildman–Crippen MR) is 77.9 cm³/mol. The molecule has 3 N–H and O–H groups in total. The van der Waals surface area contributed by atoms with Crippen molar-refractivity contribution in [1.82, 2.24) is 5.32 Å². The number of amides is 1. The fourth-order valence-electron chi connectivity index (χ4n) is 1.55. The Morgan fingerprint density at radius 3 is 2.84 bits per heavy atom. The second-order valence-electron chi connectivity index (χ2n) is 3.86. The molecule has 19 heavy (non-hydrogen) atoms. The number of nitrogens with two attached hydrogens (primary N) is 1. The summed E-state index contributed by atoms with van der Waals surface area (Å²) in [7, 11) is 0. The predicted octanol–water partition coefficient (Wildman–Crippen LogP) is 1.99. The quantitative estimate of drug-likeness (QED) is 0.838. The van der Waals surface area contributed by atoms with Crippen molar-refractivity contribution in [2.45, 2.75) is 6.54 Å². The first-order chi connectivity index (χ1) is 9.29. The molecule has 0 saturated carbocycles. The van der Waals surface area contributed by atoms with E-state index in [9.17, 15) is 4.79 Å². The number of thiophene rings is 1. The molecule has 4 heteroatoms. The second kappa shape index (κ2) is 6.74. The zero-order valence-electron chi connectivity index (χ0n) is 10.3. The van der Waals surface area contributed by atoms with Gasteiger partial charge in [-0.05, 0) is 18.2 Å². The molecule has 0 aliphatic carbocycles. The van der Waals surface area contributed by atoms with Gasteiger partial charge in [0, 0.05) is 21.4 Å². The van der Waals surface area contributed by atoms with E-state index in [2.05, 4.69) is 17.2 Å². The molecule has 0 bridgehead atoms. The number of rotatable bonds is 3. The lowest BCUT2D eigenvalue weighted by Gasteiger charge is -2.02. The van der Waals surface area contributed by atoms with Crippen molar-refractivity contribution in [2.24, 2.45) is 5.73 Å². The van der Waals surface area contributed by atoms with Crippen molar-refractivity contribution in [3.63, 3.8) is 0 Å². The van der Waals surface area contributed by atoms with Crippen LogP contribution in [0.1, 0.15) is 20.8 Å². The zero-order chi connectivity index (χ0) is 13.5. The van der Waals surface area contributed by atoms with Crippen molar-refractivity contribution in [3.8, 4) is 11.8 Å². The van der Waals surface area contributed by atoms with Gasteiger partial charge in [-0.15, -0.1) is 11.3 Å². The molecule has 96 valence electrons. The molecule has 0 saturated heterocycles. The summed E-state index contributed by atoms with van der Waals surface area (Å²) in [6.07, 6.45) is 0. The molecule has 1 aromatic carbocycles. The van der Waals surface area contributed by atoms with Crippen LogP contribution in [0.15, 0.2) is 41.8 Å². The summed E-state index contributed by atoms with van der Waals surface area (Å²) >= 11 is 1.58. The van der Waals surface area contributed by atoms with Crippen LogP contribution in [0.5, 0.6) is 0 Å². The molecule has 0 unspecified atom stereocenters. The first kappa shape index (κ1) is 13.3. The van der Waals surface area contributed by atoms with Gasteiger partial charge in [0.05, 0.1) is 13.1 Å². The lowest BCUT2D eigenvalue weighted by molar-refractivity contribution is 0.0951. The minimum absolute atomic E-state index is 0.0661. The summed E-state index contributed by atoms with van der Waals surface area (Å²) in [5.74, 6) is 5.71. The normalized spacial score (nSPS) is 9.53. The molecule has 2 aromatic rings. The van der Waals surface area contributed by atoms with Crippen molar-refractivity contribution in [1.29, 1.82) is 0 Å². The van der Waals surface area contributed by atoms with E-state index in [4.69, 9.17) is 5.73 Å². The van der Waals surface area contributed by atoms with Gasteiger partial charge in [0.25, 0.3) is 5.91 Å². The van der Waals surface area contributed by atoms with Gasteiger partial charge >= 0.3 is 0 Å². The molecular formula is C15H14N2OS. The molecule has 0 atom stereocenters. The van der Waals surface area contributed by atoms with E-state index in [1.807, 2.05) is 29.6 Å². The van der Waals surface area contributed by atoms with Crippen LogP contribution in [0.3, 0.4) is 0 Å². The van der Waals surface area contributed by atoms with Gasteiger partial charge < -0.3 is 11.1 Å². The van der Waals surface area contributed by atoms with Crippen molar-refractivity contribution < 1.29 is 4.79 Å². The third-order valence-corrected chi connectivity index (χ3v) is 3.38. The summed E-state index contributed by atoms with van der Waals surface area (Å²) in [4.78, 5) is 12.9. The summed E-state index contributed by atoms with van der Waals surface area (Å²) < 4.78 is 0. The SMILES string of the molecule is NCC#Cc1csc(CNC(=O)c2ccccc2)c1. The maximum atomic E-state index is 11.8. The Kier molecular flexibility index (Phi) is 4.73. The fraction of sp³-hybridized carbons (Fsp3) is 0.133. The topological polar surface area (TPSA) is 55.1 Å². The standard InChI is InChI=1S/C15H14N2OS/c16-8-4-5-12-9-14(19-11-12)10-17-15(18)13-6-2-1-3-7-13/h1-3,6-7,9,11H,8,10,16H2,(H,17,18). The Hall–Kier alpha value is -2.09. The third-order valence-electron chi connectivity index (χ3n) is 2.45. The number of hydrogen-bond acceptors (Lipinski definition) is 3. The van der Waals surface area contributed by atoms with E-state index in [0.717, 1.165) is 10.4 Å². The molecular weight excluding hydrogens is 256 g/mol. The maximum Gasteiger partial charge on any atom is 0.251 e. The van der Waals surface area contributed by atoms with Gasteiger partial charge in [-0.2, -0.15) is 0 Å². The van der Waals surface area contributed by atoms with E-state index >= 15 is 0 Å². The molecule has 1 aromatic heterocycles. The van der Waals surface area contributed by atoms with Gasteiger partial charge in [0.15, 0.2) is 0 Å². The van der Waals surface area contributed by atoms with E-state index < -0.39 is 0 Å². The Labute approximate surface area is 116 Å². The van der Waals surface area contributed by atoms with Gasteiger partial charge in [0.2, 0.25) is 0 Å². The minimum Gasteiger partial charge on any atom is -0.347 e. The molecule has 2 rings (SSSR count). The Morgan fingerprint density at radius 1 is 1.32 bits per heavy atom. The molecule has 0 aliphatic heterocycles. The number of carbonyl (C=O) groups is 1. The average Bonchev–Trinajstić information content (AvgIpc) is 2.91. The van der Waals surface area contributed by atoms with E-state index in [1.165, 1.54) is 0 Å². The second-order valence-corrected chi connectivity index (χ2v) is 4.85. The zero-order valence-corrected chi connectivity index (χ0v) is 11.2. The van der Waals surface area contributed by atoms with Crippen LogP contribution >= 0.6 is 11.3 Å². The van der Waals surface area contributed by atoms with Gasteiger partial charge in [-0.3, -0.25) is 4.79 Å². The van der Waals surface area contributed by atoms with Gasteiger partial charge in [0.1, 0.15) is 0 Å². The fourth-order valence-corrected chi connectivity index (χ4v) is 2.31. The Morgan fingerprint density at radius 2 is 2.11 bits per heavy atom. The number of carbonyl (C=O) groups excluding carboxylic acids is 1. The van der Waals surface area contributed by atoms with Crippen LogP contribution in [-0.2, 0) is 6.54 Å². The third kappa shape index (κ3) is 3.95. The van der Waals surface area contributed by atoms with Crippen molar-refractivity contribution in [2.75, 3.05) is 6.54 Å². The van der Waals surface area contributed by atoms with Crippen LogP contribution in [0.2, 0.25) is 0 Å². The molecule has 0 radical (unpaired) electrons. The molecule has 3 nitrogen and oxygen atoms in total. The largest absolute Gasteiger partial charge is 0.347 e. The molecule has 0 aliphatic rings. The lowest BCUT2D eigenvalue weighted by atomic mass is 10.2. The van der Waals surface area contributed by atoms with Crippen LogP contribution in [0.4, 0.5) is 0 Å². The number of hydrogen-bond donors (Lipinski definition) is 2.